The molecular formula is C49H49N2+. The standard InChI is InChI=1S/C49H49N2/c1-38-33-44(27-23-40-15-7-3-8-16-40)48(45(34-38)28-24-41-17-9-4-10-18-41)50-31-32-51(37-50)49-46(29-25-42-19-11-5-12-20-42)35-39(2)36-47(49)30-26-43-21-13-6-14-22-43/h3-22,31-37H,23-30H2,1-2H3/q+1. The molecule has 0 aliphatic rings. The summed E-state index contributed by atoms with van der Waals surface area (Å²) >= 11 is 0. The Balaban J connectivity index is 1.29. The number of imidazole rings is 1. The Labute approximate surface area is 304 Å². The number of benzene rings is 6. The Bertz CT molecular complexity index is 1860. The van der Waals surface area contributed by atoms with Crippen LogP contribution in [0.25, 0.3) is 11.4 Å². The van der Waals surface area contributed by atoms with Crippen LogP contribution in [0, 0.1) is 13.8 Å². The molecule has 51 heavy (non-hydrogen) atoms. The van der Waals surface area contributed by atoms with E-state index in [-0.39, 0.29) is 0 Å². The minimum absolute atomic E-state index is 0.993. The summed E-state index contributed by atoms with van der Waals surface area (Å²) in [6.45, 7) is 4.50. The van der Waals surface area contributed by atoms with Crippen LogP contribution < -0.4 is 4.57 Å². The van der Waals surface area contributed by atoms with Crippen molar-refractivity contribution >= 4 is 0 Å². The van der Waals surface area contributed by atoms with Gasteiger partial charge in [0, 0.05) is 22.3 Å². The number of hydrogen-bond donors (Lipinski definition) is 0. The minimum Gasteiger partial charge on any atom is -0.201 e. The molecule has 0 unspecified atom stereocenters. The van der Waals surface area contributed by atoms with E-state index >= 15 is 0 Å². The number of rotatable bonds is 14. The highest BCUT2D eigenvalue weighted by Crippen LogP contribution is 2.27. The van der Waals surface area contributed by atoms with Crippen molar-refractivity contribution in [2.75, 3.05) is 0 Å². The van der Waals surface area contributed by atoms with Gasteiger partial charge in [-0.3, -0.25) is 0 Å². The Morgan fingerprint density at radius 3 is 1.12 bits per heavy atom. The fraction of sp³-hybridized carbons (Fsp3) is 0.204. The van der Waals surface area contributed by atoms with Crippen LogP contribution in [0.4, 0.5) is 0 Å². The smallest absolute Gasteiger partial charge is 0.201 e. The van der Waals surface area contributed by atoms with E-state index in [4.69, 9.17) is 0 Å². The lowest BCUT2D eigenvalue weighted by Gasteiger charge is -2.15. The monoisotopic (exact) mass is 665 g/mol. The van der Waals surface area contributed by atoms with Gasteiger partial charge in [-0.25, -0.2) is 9.13 Å². The van der Waals surface area contributed by atoms with Crippen LogP contribution in [0.5, 0.6) is 0 Å². The second-order valence-corrected chi connectivity index (χ2v) is 14.0. The van der Waals surface area contributed by atoms with Gasteiger partial charge in [-0.15, -0.1) is 0 Å². The summed E-state index contributed by atoms with van der Waals surface area (Å²) in [5.41, 5.74) is 16.4. The molecule has 0 atom stereocenters. The lowest BCUT2D eigenvalue weighted by molar-refractivity contribution is -0.595. The van der Waals surface area contributed by atoms with E-state index in [0.717, 1.165) is 51.4 Å². The van der Waals surface area contributed by atoms with Crippen molar-refractivity contribution in [2.45, 2.75) is 65.2 Å². The average molecular weight is 666 g/mol. The topological polar surface area (TPSA) is 8.81 Å². The quantitative estimate of drug-likeness (QED) is 0.102. The summed E-state index contributed by atoms with van der Waals surface area (Å²) in [5, 5.41) is 0. The maximum atomic E-state index is 2.41. The molecule has 0 radical (unpaired) electrons. The Hall–Kier alpha value is -5.47. The van der Waals surface area contributed by atoms with Gasteiger partial charge >= 0.3 is 0 Å². The summed E-state index contributed by atoms with van der Waals surface area (Å²) in [4.78, 5) is 0. The van der Waals surface area contributed by atoms with Crippen molar-refractivity contribution in [3.05, 3.63) is 220 Å². The van der Waals surface area contributed by atoms with E-state index in [9.17, 15) is 0 Å². The maximum Gasteiger partial charge on any atom is 0.254 e. The fourth-order valence-electron chi connectivity index (χ4n) is 7.61. The predicted molar refractivity (Wildman–Crippen MR) is 212 cm³/mol. The lowest BCUT2D eigenvalue weighted by Crippen LogP contribution is -2.32. The van der Waals surface area contributed by atoms with Crippen LogP contribution >= 0.6 is 0 Å². The van der Waals surface area contributed by atoms with Crippen molar-refractivity contribution in [2.24, 2.45) is 0 Å². The minimum atomic E-state index is 0.993. The Morgan fingerprint density at radius 2 is 0.745 bits per heavy atom. The molecule has 0 aliphatic carbocycles. The van der Waals surface area contributed by atoms with Crippen LogP contribution in [-0.2, 0) is 51.4 Å². The molecule has 254 valence electrons. The van der Waals surface area contributed by atoms with Crippen molar-refractivity contribution in [1.82, 2.24) is 4.57 Å². The van der Waals surface area contributed by atoms with Crippen LogP contribution in [0.1, 0.15) is 55.6 Å². The highest BCUT2D eigenvalue weighted by molar-refractivity contribution is 5.52. The van der Waals surface area contributed by atoms with Gasteiger partial charge in [-0.2, -0.15) is 0 Å². The van der Waals surface area contributed by atoms with Gasteiger partial charge in [0.2, 0.25) is 0 Å². The maximum absolute atomic E-state index is 2.41. The third kappa shape index (κ3) is 8.83. The first-order chi connectivity index (χ1) is 25.1. The largest absolute Gasteiger partial charge is 0.254 e. The van der Waals surface area contributed by atoms with Gasteiger partial charge in [-0.05, 0) is 87.5 Å². The van der Waals surface area contributed by atoms with Crippen molar-refractivity contribution in [3.8, 4) is 11.4 Å². The zero-order valence-corrected chi connectivity index (χ0v) is 30.1. The number of aryl methyl sites for hydroxylation is 10. The van der Waals surface area contributed by atoms with Crippen LogP contribution in [0.3, 0.4) is 0 Å². The predicted octanol–water partition coefficient (Wildman–Crippen LogP) is 10.5. The van der Waals surface area contributed by atoms with Gasteiger partial charge in [0.25, 0.3) is 6.33 Å². The molecule has 0 N–H and O–H groups in total. The molecule has 0 aliphatic heterocycles. The molecule has 7 aromatic rings. The summed E-state index contributed by atoms with van der Waals surface area (Å²) in [5.74, 6) is 0. The van der Waals surface area contributed by atoms with Crippen molar-refractivity contribution < 1.29 is 4.57 Å². The molecular weight excluding hydrogens is 617 g/mol. The molecule has 2 nitrogen and oxygen atoms in total. The van der Waals surface area contributed by atoms with Crippen LogP contribution in [0.15, 0.2) is 164 Å². The lowest BCUT2D eigenvalue weighted by atomic mass is 9.94. The first-order valence-corrected chi connectivity index (χ1v) is 18.6. The normalized spacial score (nSPS) is 11.2. The van der Waals surface area contributed by atoms with Gasteiger partial charge in [-0.1, -0.05) is 157 Å². The Morgan fingerprint density at radius 1 is 0.412 bits per heavy atom. The third-order valence-corrected chi connectivity index (χ3v) is 10.1. The molecule has 0 spiro atoms. The van der Waals surface area contributed by atoms with Crippen molar-refractivity contribution in [3.63, 3.8) is 0 Å². The van der Waals surface area contributed by atoms with Gasteiger partial charge in [0.05, 0.1) is 0 Å². The molecule has 6 aromatic carbocycles. The summed E-state index contributed by atoms with van der Waals surface area (Å²) < 4.78 is 4.81. The number of hydrogen-bond acceptors (Lipinski definition) is 0. The molecule has 7 rings (SSSR count). The van der Waals surface area contributed by atoms with E-state index < -0.39 is 0 Å². The van der Waals surface area contributed by atoms with Crippen LogP contribution in [0.2, 0.25) is 0 Å². The van der Waals surface area contributed by atoms with Crippen LogP contribution in [-0.4, -0.2) is 4.57 Å². The van der Waals surface area contributed by atoms with E-state index in [1.54, 1.807) is 0 Å². The molecule has 0 saturated carbocycles. The SMILES string of the molecule is Cc1cc(CCc2ccccc2)c(-n2cc[n+](-c3c(CCc4ccccc4)cc(C)cc3CCc3ccccc3)c2)c(CCc2ccccc2)c1. The molecule has 0 bridgehead atoms. The molecule has 2 heteroatoms. The highest BCUT2D eigenvalue weighted by Gasteiger charge is 2.22. The second-order valence-electron chi connectivity index (χ2n) is 14.0. The summed E-state index contributed by atoms with van der Waals surface area (Å²) in [7, 11) is 0. The Kier molecular flexibility index (Phi) is 11.0. The zero-order valence-electron chi connectivity index (χ0n) is 30.1. The fourth-order valence-corrected chi connectivity index (χ4v) is 7.61. The highest BCUT2D eigenvalue weighted by atomic mass is 15.1. The summed E-state index contributed by atoms with van der Waals surface area (Å²) in [6, 6.07) is 53.3. The second kappa shape index (κ2) is 16.5. The first kappa shape index (κ1) is 34.0. The summed E-state index contributed by atoms with van der Waals surface area (Å²) in [6.07, 6.45) is 14.9. The molecule has 0 amide bonds. The molecule has 1 heterocycles. The molecule has 1 aromatic heterocycles. The van der Waals surface area contributed by atoms with E-state index in [2.05, 4.69) is 187 Å². The third-order valence-electron chi connectivity index (χ3n) is 10.1. The van der Waals surface area contributed by atoms with E-state index in [0.29, 0.717) is 0 Å². The molecule has 0 saturated heterocycles. The average Bonchev–Trinajstić information content (AvgIpc) is 3.65. The number of nitrogens with zero attached hydrogens (tertiary/aromatic N) is 2. The van der Waals surface area contributed by atoms with Gasteiger partial charge in [0.15, 0.2) is 0 Å². The van der Waals surface area contributed by atoms with E-state index in [1.165, 1.54) is 67.0 Å². The first-order valence-electron chi connectivity index (χ1n) is 18.6. The van der Waals surface area contributed by atoms with Gasteiger partial charge in [0.1, 0.15) is 23.8 Å². The number of aromatic nitrogens is 2. The molecule has 0 fully saturated rings. The zero-order chi connectivity index (χ0) is 34.8. The van der Waals surface area contributed by atoms with Gasteiger partial charge < -0.3 is 0 Å². The van der Waals surface area contributed by atoms with Crippen molar-refractivity contribution in [1.29, 1.82) is 0 Å². The van der Waals surface area contributed by atoms with E-state index in [1.807, 2.05) is 0 Å².